The van der Waals surface area contributed by atoms with Crippen LogP contribution in [0.3, 0.4) is 0 Å². The Hall–Kier alpha value is -3.53. The fraction of sp³-hybridized carbons (Fsp3) is 0.160. The van der Waals surface area contributed by atoms with Gasteiger partial charge >= 0.3 is 0 Å². The molecule has 0 saturated carbocycles. The van der Waals surface area contributed by atoms with Gasteiger partial charge in [0.15, 0.2) is 5.78 Å². The molecule has 2 aromatic carbocycles. The second-order valence-electron chi connectivity index (χ2n) is 7.86. The number of hydrogen-bond donors (Lipinski definition) is 3. The third kappa shape index (κ3) is 2.64. The van der Waals surface area contributed by atoms with Gasteiger partial charge in [-0.2, -0.15) is 0 Å². The number of hydrogen-bond acceptors (Lipinski definition) is 1. The van der Waals surface area contributed by atoms with Crippen LogP contribution in [-0.4, -0.2) is 20.7 Å². The number of Topliss-reactive ketones (excluding diaryl/α,β-unsaturated/α-hetero) is 1. The minimum Gasteiger partial charge on any atom is -0.361 e. The van der Waals surface area contributed by atoms with Gasteiger partial charge in [-0.25, -0.2) is 0 Å². The summed E-state index contributed by atoms with van der Waals surface area (Å²) in [5.41, 5.74) is 8.25. The predicted octanol–water partition coefficient (Wildman–Crippen LogP) is 6.64. The first-order valence-electron chi connectivity index (χ1n) is 9.96. The zero-order chi connectivity index (χ0) is 20.1. The number of rotatable bonds is 4. The summed E-state index contributed by atoms with van der Waals surface area (Å²) in [6.45, 7) is 6.01. The van der Waals surface area contributed by atoms with Crippen molar-refractivity contribution in [3.8, 4) is 22.4 Å². The van der Waals surface area contributed by atoms with Crippen LogP contribution >= 0.6 is 0 Å². The monoisotopic (exact) mass is 381 g/mol. The Bertz CT molecular complexity index is 1360. The van der Waals surface area contributed by atoms with Crippen LogP contribution in [0.25, 0.3) is 44.2 Å². The molecule has 0 amide bonds. The van der Waals surface area contributed by atoms with Crippen LogP contribution in [-0.2, 0) is 0 Å². The minimum atomic E-state index is 0.0435. The normalized spacial score (nSPS) is 11.7. The van der Waals surface area contributed by atoms with Crippen LogP contribution in [0.15, 0.2) is 60.9 Å². The third-order valence-electron chi connectivity index (χ3n) is 5.70. The number of carbonyl (C=O) groups is 1. The van der Waals surface area contributed by atoms with Crippen molar-refractivity contribution < 1.29 is 4.79 Å². The molecule has 144 valence electrons. The van der Waals surface area contributed by atoms with E-state index in [9.17, 15) is 4.79 Å². The van der Waals surface area contributed by atoms with Gasteiger partial charge < -0.3 is 15.0 Å². The highest BCUT2D eigenvalue weighted by atomic mass is 16.1. The second kappa shape index (κ2) is 6.52. The lowest BCUT2D eigenvalue weighted by atomic mass is 9.88. The van der Waals surface area contributed by atoms with Crippen molar-refractivity contribution in [2.24, 2.45) is 0 Å². The summed E-state index contributed by atoms with van der Waals surface area (Å²) < 4.78 is 0. The van der Waals surface area contributed by atoms with E-state index in [-0.39, 0.29) is 11.7 Å². The maximum absolute atomic E-state index is 12.7. The van der Waals surface area contributed by atoms with Gasteiger partial charge in [0.25, 0.3) is 0 Å². The molecule has 0 atom stereocenters. The van der Waals surface area contributed by atoms with Crippen molar-refractivity contribution in [2.45, 2.75) is 26.7 Å². The lowest BCUT2D eigenvalue weighted by Crippen LogP contribution is -1.97. The van der Waals surface area contributed by atoms with Crippen LogP contribution in [0.5, 0.6) is 0 Å². The average molecular weight is 381 g/mol. The average Bonchev–Trinajstić information content (AvgIpc) is 3.43. The molecule has 0 spiro atoms. The SMILES string of the molecule is CC(=O)c1[nH]c(-c2cccc3[nH]ccc23)c(C(C)C)c1-c1cccc2[nH]ccc12. The molecule has 3 aromatic heterocycles. The van der Waals surface area contributed by atoms with Gasteiger partial charge in [0.2, 0.25) is 0 Å². The molecule has 5 aromatic rings. The van der Waals surface area contributed by atoms with Crippen LogP contribution in [0, 0.1) is 0 Å². The van der Waals surface area contributed by atoms with E-state index in [1.54, 1.807) is 6.92 Å². The summed E-state index contributed by atoms with van der Waals surface area (Å²) >= 11 is 0. The first-order chi connectivity index (χ1) is 14.1. The van der Waals surface area contributed by atoms with Crippen LogP contribution in [0.1, 0.15) is 42.7 Å². The quantitative estimate of drug-likeness (QED) is 0.300. The second-order valence-corrected chi connectivity index (χ2v) is 7.86. The molecule has 3 heterocycles. The number of fused-ring (bicyclic) bond motifs is 2. The maximum atomic E-state index is 12.7. The number of H-pyrrole nitrogens is 3. The van der Waals surface area contributed by atoms with Gasteiger partial charge in [-0.3, -0.25) is 4.79 Å². The van der Waals surface area contributed by atoms with E-state index in [0.29, 0.717) is 5.69 Å². The molecule has 0 aliphatic heterocycles. The lowest BCUT2D eigenvalue weighted by molar-refractivity contribution is 0.101. The maximum Gasteiger partial charge on any atom is 0.176 e. The summed E-state index contributed by atoms with van der Waals surface area (Å²) in [4.78, 5) is 22.8. The van der Waals surface area contributed by atoms with Crippen molar-refractivity contribution in [1.29, 1.82) is 0 Å². The molecule has 29 heavy (non-hydrogen) atoms. The topological polar surface area (TPSA) is 64.4 Å². The van der Waals surface area contributed by atoms with E-state index in [4.69, 9.17) is 0 Å². The largest absolute Gasteiger partial charge is 0.361 e. The molecule has 0 radical (unpaired) electrons. The fourth-order valence-electron chi connectivity index (χ4n) is 4.45. The summed E-state index contributed by atoms with van der Waals surface area (Å²) in [6.07, 6.45) is 3.91. The van der Waals surface area contributed by atoms with E-state index < -0.39 is 0 Å². The van der Waals surface area contributed by atoms with Gasteiger partial charge in [0.1, 0.15) is 0 Å². The molecular formula is C25H23N3O. The molecule has 4 nitrogen and oxygen atoms in total. The number of benzene rings is 2. The Balaban J connectivity index is 1.90. The Kier molecular flexibility index (Phi) is 3.95. The third-order valence-corrected chi connectivity index (χ3v) is 5.70. The predicted molar refractivity (Wildman–Crippen MR) is 119 cm³/mol. The number of nitrogens with one attached hydrogen (secondary N) is 3. The van der Waals surface area contributed by atoms with Crippen LogP contribution in [0.4, 0.5) is 0 Å². The Morgan fingerprint density at radius 3 is 2.00 bits per heavy atom. The molecule has 0 unspecified atom stereocenters. The van der Waals surface area contributed by atoms with E-state index >= 15 is 0 Å². The fourth-order valence-corrected chi connectivity index (χ4v) is 4.45. The highest BCUT2D eigenvalue weighted by Crippen LogP contribution is 2.43. The van der Waals surface area contributed by atoms with Crippen LogP contribution < -0.4 is 0 Å². The van der Waals surface area contributed by atoms with Crippen molar-refractivity contribution in [1.82, 2.24) is 15.0 Å². The van der Waals surface area contributed by atoms with Crippen molar-refractivity contribution in [3.05, 3.63) is 72.2 Å². The van der Waals surface area contributed by atoms with Gasteiger partial charge in [-0.15, -0.1) is 0 Å². The molecule has 0 aliphatic rings. The summed E-state index contributed by atoms with van der Waals surface area (Å²) in [5.74, 6) is 0.287. The Morgan fingerprint density at radius 1 is 0.828 bits per heavy atom. The molecule has 4 heteroatoms. The summed E-state index contributed by atoms with van der Waals surface area (Å²) in [6, 6.07) is 16.6. The first-order valence-corrected chi connectivity index (χ1v) is 9.96. The standard InChI is InChI=1S/C25H23N3O/c1-14(2)22-23(18-6-4-8-20-16(18)10-12-26-20)24(15(3)29)28-25(22)19-7-5-9-21-17(19)11-13-27-21/h4-14,26-28H,1-3H3. The van der Waals surface area contributed by atoms with E-state index in [1.807, 2.05) is 18.5 Å². The molecule has 3 N–H and O–H groups in total. The number of aromatic amines is 3. The van der Waals surface area contributed by atoms with Crippen molar-refractivity contribution in [2.75, 3.05) is 0 Å². The van der Waals surface area contributed by atoms with Gasteiger partial charge in [0, 0.05) is 52.3 Å². The zero-order valence-corrected chi connectivity index (χ0v) is 16.8. The minimum absolute atomic E-state index is 0.0435. The lowest BCUT2D eigenvalue weighted by Gasteiger charge is -2.13. The smallest absolute Gasteiger partial charge is 0.176 e. The summed E-state index contributed by atoms with van der Waals surface area (Å²) in [7, 11) is 0. The molecule has 0 fully saturated rings. The number of ketones is 1. The van der Waals surface area contributed by atoms with Crippen molar-refractivity contribution in [3.63, 3.8) is 0 Å². The zero-order valence-electron chi connectivity index (χ0n) is 16.8. The number of aromatic nitrogens is 3. The van der Waals surface area contributed by atoms with Gasteiger partial charge in [-0.1, -0.05) is 38.1 Å². The molecule has 0 bridgehead atoms. The van der Waals surface area contributed by atoms with E-state index in [1.165, 1.54) is 5.56 Å². The summed E-state index contributed by atoms with van der Waals surface area (Å²) in [5, 5.41) is 2.28. The molecule has 0 saturated heterocycles. The van der Waals surface area contributed by atoms with E-state index in [0.717, 1.165) is 44.2 Å². The Labute approximate surface area is 169 Å². The number of carbonyl (C=O) groups excluding carboxylic acids is 1. The van der Waals surface area contributed by atoms with Crippen LogP contribution in [0.2, 0.25) is 0 Å². The van der Waals surface area contributed by atoms with Crippen molar-refractivity contribution >= 4 is 27.6 Å². The first kappa shape index (κ1) is 17.6. The molecule has 5 rings (SSSR count). The Morgan fingerprint density at radius 2 is 1.41 bits per heavy atom. The highest BCUT2D eigenvalue weighted by Gasteiger charge is 2.26. The van der Waals surface area contributed by atoms with Gasteiger partial charge in [0.05, 0.1) is 11.4 Å². The van der Waals surface area contributed by atoms with E-state index in [2.05, 4.69) is 71.3 Å². The highest BCUT2D eigenvalue weighted by molar-refractivity contribution is 6.08. The molecule has 0 aliphatic carbocycles. The van der Waals surface area contributed by atoms with Gasteiger partial charge in [-0.05, 0) is 41.3 Å². The molecular weight excluding hydrogens is 358 g/mol.